The summed E-state index contributed by atoms with van der Waals surface area (Å²) < 4.78 is 16.1. The van der Waals surface area contributed by atoms with Crippen LogP contribution >= 0.6 is 0 Å². The van der Waals surface area contributed by atoms with Gasteiger partial charge < -0.3 is 14.2 Å². The summed E-state index contributed by atoms with van der Waals surface area (Å²) in [5, 5.41) is 0. The Hall–Kier alpha value is -1.36. The summed E-state index contributed by atoms with van der Waals surface area (Å²) in [6, 6.07) is 0. The molecule has 0 aliphatic carbocycles. The topological polar surface area (TPSA) is 61.8 Å². The van der Waals surface area contributed by atoms with Gasteiger partial charge in [-0.3, -0.25) is 9.59 Å². The molecule has 118 valence electrons. The predicted molar refractivity (Wildman–Crippen MR) is 76.4 cm³/mol. The van der Waals surface area contributed by atoms with Gasteiger partial charge in [-0.25, -0.2) is 0 Å². The van der Waals surface area contributed by atoms with Crippen molar-refractivity contribution in [3.8, 4) is 0 Å². The monoisotopic (exact) mass is 296 g/mol. The Morgan fingerprint density at radius 2 is 1.57 bits per heavy atom. The summed E-state index contributed by atoms with van der Waals surface area (Å²) in [6.07, 6.45) is 4.52. The number of esters is 2. The highest BCUT2D eigenvalue weighted by Gasteiger charge is 2.54. The fourth-order valence-electron chi connectivity index (χ4n) is 2.66. The van der Waals surface area contributed by atoms with Crippen LogP contribution in [-0.2, 0) is 23.8 Å². The van der Waals surface area contributed by atoms with Gasteiger partial charge in [-0.05, 0) is 18.8 Å². The molecule has 2 heterocycles. The second kappa shape index (κ2) is 7.07. The average Bonchev–Trinajstić information content (AvgIpc) is 3.04. The molecule has 2 aliphatic heterocycles. The Bertz CT molecular complexity index is 415. The first-order valence-electron chi connectivity index (χ1n) is 7.71. The van der Waals surface area contributed by atoms with Crippen LogP contribution in [-0.4, -0.2) is 37.4 Å². The smallest absolute Gasteiger partial charge is 0.312 e. The maximum absolute atomic E-state index is 12.3. The van der Waals surface area contributed by atoms with Crippen LogP contribution in [0.3, 0.4) is 0 Å². The molecule has 2 rings (SSSR count). The highest BCUT2D eigenvalue weighted by atomic mass is 16.6. The zero-order chi connectivity index (χ0) is 15.4. The minimum atomic E-state index is -0.573. The summed E-state index contributed by atoms with van der Waals surface area (Å²) in [7, 11) is 0. The Kier molecular flexibility index (Phi) is 5.39. The molecule has 4 unspecified atom stereocenters. The van der Waals surface area contributed by atoms with E-state index in [1.165, 1.54) is 0 Å². The van der Waals surface area contributed by atoms with Crippen molar-refractivity contribution in [3.05, 3.63) is 12.2 Å². The van der Waals surface area contributed by atoms with E-state index in [-0.39, 0.29) is 24.1 Å². The Morgan fingerprint density at radius 1 is 1.05 bits per heavy atom. The van der Waals surface area contributed by atoms with Gasteiger partial charge in [-0.1, -0.05) is 32.9 Å². The van der Waals surface area contributed by atoms with Gasteiger partial charge in [-0.15, -0.1) is 0 Å². The van der Waals surface area contributed by atoms with E-state index < -0.39 is 11.8 Å². The number of rotatable bonds is 7. The van der Waals surface area contributed by atoms with Gasteiger partial charge in [0.05, 0.1) is 25.4 Å². The molecule has 0 radical (unpaired) electrons. The molecule has 2 bridgehead atoms. The lowest BCUT2D eigenvalue weighted by Crippen LogP contribution is -2.38. The van der Waals surface area contributed by atoms with Gasteiger partial charge in [0, 0.05) is 0 Å². The van der Waals surface area contributed by atoms with E-state index in [4.69, 9.17) is 14.2 Å². The fourth-order valence-corrected chi connectivity index (χ4v) is 2.66. The van der Waals surface area contributed by atoms with Gasteiger partial charge in [0.2, 0.25) is 0 Å². The van der Waals surface area contributed by atoms with Crippen LogP contribution < -0.4 is 0 Å². The van der Waals surface area contributed by atoms with E-state index in [9.17, 15) is 9.59 Å². The number of ether oxygens (including phenoxy) is 3. The Morgan fingerprint density at radius 3 is 2.05 bits per heavy atom. The highest BCUT2D eigenvalue weighted by Crippen LogP contribution is 2.40. The van der Waals surface area contributed by atoms with Gasteiger partial charge in [0.1, 0.15) is 11.8 Å². The molecule has 0 spiro atoms. The van der Waals surface area contributed by atoms with E-state index in [1.54, 1.807) is 0 Å². The normalized spacial score (nSPS) is 29.9. The first-order chi connectivity index (χ1) is 10.0. The summed E-state index contributed by atoms with van der Waals surface area (Å²) in [6.45, 7) is 6.82. The lowest BCUT2D eigenvalue weighted by molar-refractivity contribution is -0.160. The van der Waals surface area contributed by atoms with Crippen molar-refractivity contribution < 1.29 is 23.8 Å². The van der Waals surface area contributed by atoms with Crippen molar-refractivity contribution in [2.45, 2.75) is 45.8 Å². The standard InChI is InChI=1S/C16H24O5/c1-4-8-19-15(17)13-11-5-6-12(21-11)14(13)16(18)20-9-7-10(2)3/h5-6,10-14H,4,7-9H2,1-3H3. The largest absolute Gasteiger partial charge is 0.465 e. The van der Waals surface area contributed by atoms with Crippen LogP contribution in [0.25, 0.3) is 0 Å². The molecule has 0 N–H and O–H groups in total. The summed E-state index contributed by atoms with van der Waals surface area (Å²) >= 11 is 0. The van der Waals surface area contributed by atoms with Crippen LogP contribution in [0.4, 0.5) is 0 Å². The minimum absolute atomic E-state index is 0.356. The first kappa shape index (κ1) is 16.0. The third-order valence-corrected chi connectivity index (χ3v) is 3.83. The van der Waals surface area contributed by atoms with Crippen LogP contribution in [0.15, 0.2) is 12.2 Å². The number of fused-ring (bicyclic) bond motifs is 2. The molecule has 1 saturated heterocycles. The van der Waals surface area contributed by atoms with Crippen LogP contribution in [0.5, 0.6) is 0 Å². The summed E-state index contributed by atoms with van der Waals surface area (Å²) in [4.78, 5) is 24.4. The van der Waals surface area contributed by atoms with Crippen molar-refractivity contribution in [2.24, 2.45) is 17.8 Å². The number of carbonyl (C=O) groups excluding carboxylic acids is 2. The summed E-state index contributed by atoms with van der Waals surface area (Å²) in [5.41, 5.74) is 0. The molecule has 0 aromatic rings. The molecule has 0 amide bonds. The van der Waals surface area contributed by atoms with E-state index in [0.29, 0.717) is 19.1 Å². The molecule has 0 aromatic carbocycles. The van der Waals surface area contributed by atoms with Gasteiger partial charge in [0.15, 0.2) is 0 Å². The van der Waals surface area contributed by atoms with Gasteiger partial charge >= 0.3 is 11.9 Å². The van der Waals surface area contributed by atoms with E-state index in [1.807, 2.05) is 19.1 Å². The first-order valence-corrected chi connectivity index (χ1v) is 7.71. The zero-order valence-corrected chi connectivity index (χ0v) is 12.9. The average molecular weight is 296 g/mol. The number of hydrogen-bond acceptors (Lipinski definition) is 5. The van der Waals surface area contributed by atoms with E-state index in [2.05, 4.69) is 13.8 Å². The maximum atomic E-state index is 12.3. The van der Waals surface area contributed by atoms with Crippen LogP contribution in [0, 0.1) is 17.8 Å². The minimum Gasteiger partial charge on any atom is -0.465 e. The molecule has 1 fully saturated rings. The molecule has 4 atom stereocenters. The second-order valence-electron chi connectivity index (χ2n) is 6.02. The molecule has 21 heavy (non-hydrogen) atoms. The Balaban J connectivity index is 1.97. The highest BCUT2D eigenvalue weighted by molar-refractivity contribution is 5.85. The molecule has 0 saturated carbocycles. The quantitative estimate of drug-likeness (QED) is 0.532. The number of carbonyl (C=O) groups is 2. The summed E-state index contributed by atoms with van der Waals surface area (Å²) in [5.74, 6) is -1.39. The lowest BCUT2D eigenvalue weighted by atomic mass is 9.83. The number of hydrogen-bond donors (Lipinski definition) is 0. The van der Waals surface area contributed by atoms with Crippen molar-refractivity contribution in [1.29, 1.82) is 0 Å². The second-order valence-corrected chi connectivity index (χ2v) is 6.02. The third kappa shape index (κ3) is 3.64. The maximum Gasteiger partial charge on any atom is 0.312 e. The lowest BCUT2D eigenvalue weighted by Gasteiger charge is -2.22. The SMILES string of the molecule is CCCOC(=O)C1C2C=CC(O2)C1C(=O)OCCC(C)C. The van der Waals surface area contributed by atoms with E-state index in [0.717, 1.165) is 12.8 Å². The molecule has 0 aromatic heterocycles. The third-order valence-electron chi connectivity index (χ3n) is 3.83. The Labute approximate surface area is 125 Å². The fraction of sp³-hybridized carbons (Fsp3) is 0.750. The van der Waals surface area contributed by atoms with E-state index >= 15 is 0 Å². The molecule has 5 heteroatoms. The van der Waals surface area contributed by atoms with Crippen molar-refractivity contribution >= 4 is 11.9 Å². The predicted octanol–water partition coefficient (Wildman–Crippen LogP) is 2.10. The molecule has 2 aliphatic rings. The van der Waals surface area contributed by atoms with Crippen molar-refractivity contribution in [3.63, 3.8) is 0 Å². The van der Waals surface area contributed by atoms with Crippen molar-refractivity contribution in [2.75, 3.05) is 13.2 Å². The molecule has 5 nitrogen and oxygen atoms in total. The zero-order valence-electron chi connectivity index (χ0n) is 12.9. The van der Waals surface area contributed by atoms with Gasteiger partial charge in [-0.2, -0.15) is 0 Å². The molecular formula is C16H24O5. The van der Waals surface area contributed by atoms with Crippen LogP contribution in [0.1, 0.15) is 33.6 Å². The van der Waals surface area contributed by atoms with Crippen molar-refractivity contribution in [1.82, 2.24) is 0 Å². The molecular weight excluding hydrogens is 272 g/mol. The van der Waals surface area contributed by atoms with Gasteiger partial charge in [0.25, 0.3) is 0 Å². The van der Waals surface area contributed by atoms with Crippen LogP contribution in [0.2, 0.25) is 0 Å².